The second-order valence-corrected chi connectivity index (χ2v) is 5.80. The van der Waals surface area contributed by atoms with Gasteiger partial charge in [0.05, 0.1) is 13.2 Å². The lowest BCUT2D eigenvalue weighted by molar-refractivity contribution is 0.0688. The van der Waals surface area contributed by atoms with Crippen LogP contribution in [0.25, 0.3) is 0 Å². The van der Waals surface area contributed by atoms with Gasteiger partial charge in [0.25, 0.3) is 0 Å². The van der Waals surface area contributed by atoms with E-state index in [4.69, 9.17) is 9.47 Å². The number of rotatable bonds is 10. The maximum atomic E-state index is 5.46. The molecule has 118 valence electrons. The summed E-state index contributed by atoms with van der Waals surface area (Å²) in [6, 6.07) is 8.94. The minimum absolute atomic E-state index is 0.694. The van der Waals surface area contributed by atoms with Crippen molar-refractivity contribution in [3.05, 3.63) is 35.4 Å². The van der Waals surface area contributed by atoms with Gasteiger partial charge in [0, 0.05) is 20.3 Å². The number of unbranched alkanes of at least 4 members (excludes halogenated alkanes) is 1. The summed E-state index contributed by atoms with van der Waals surface area (Å²) in [6.07, 6.45) is 6.21. The van der Waals surface area contributed by atoms with E-state index in [2.05, 4.69) is 29.6 Å². The van der Waals surface area contributed by atoms with Gasteiger partial charge in [-0.05, 0) is 55.7 Å². The Morgan fingerprint density at radius 3 is 2.95 bits per heavy atom. The van der Waals surface area contributed by atoms with Gasteiger partial charge in [-0.1, -0.05) is 24.3 Å². The summed E-state index contributed by atoms with van der Waals surface area (Å²) in [5.41, 5.74) is 3.13. The fraction of sp³-hybridized carbons (Fsp3) is 0.667. The Kier molecular flexibility index (Phi) is 7.79. The topological polar surface area (TPSA) is 30.5 Å². The van der Waals surface area contributed by atoms with Crippen molar-refractivity contribution in [2.24, 2.45) is 0 Å². The van der Waals surface area contributed by atoms with E-state index >= 15 is 0 Å². The number of fused-ring (bicyclic) bond motifs is 1. The first-order valence-corrected chi connectivity index (χ1v) is 8.27. The summed E-state index contributed by atoms with van der Waals surface area (Å²) in [6.45, 7) is 4.45. The zero-order chi connectivity index (χ0) is 14.8. The van der Waals surface area contributed by atoms with E-state index in [-0.39, 0.29) is 0 Å². The fourth-order valence-electron chi connectivity index (χ4n) is 3.04. The van der Waals surface area contributed by atoms with Crippen molar-refractivity contribution >= 4 is 0 Å². The van der Waals surface area contributed by atoms with Crippen molar-refractivity contribution in [3.63, 3.8) is 0 Å². The number of nitrogens with one attached hydrogen (secondary N) is 1. The van der Waals surface area contributed by atoms with E-state index in [9.17, 15) is 0 Å². The summed E-state index contributed by atoms with van der Waals surface area (Å²) < 4.78 is 10.4. The SMILES string of the molecule is COCCOCCCCNCC1CCCc2ccccc21. The zero-order valence-electron chi connectivity index (χ0n) is 13.3. The predicted molar refractivity (Wildman–Crippen MR) is 86.9 cm³/mol. The molecule has 0 fully saturated rings. The molecule has 0 amide bonds. The monoisotopic (exact) mass is 291 g/mol. The van der Waals surface area contributed by atoms with E-state index in [1.165, 1.54) is 25.7 Å². The molecule has 2 rings (SSSR count). The van der Waals surface area contributed by atoms with E-state index in [1.54, 1.807) is 18.2 Å². The minimum Gasteiger partial charge on any atom is -0.382 e. The number of aryl methyl sites for hydroxylation is 1. The number of hydrogen-bond donors (Lipinski definition) is 1. The molecule has 1 N–H and O–H groups in total. The molecule has 0 heterocycles. The molecule has 1 aromatic rings. The van der Waals surface area contributed by atoms with Crippen LogP contribution in [-0.2, 0) is 15.9 Å². The van der Waals surface area contributed by atoms with Crippen LogP contribution in [-0.4, -0.2) is 40.0 Å². The molecule has 0 radical (unpaired) electrons. The maximum absolute atomic E-state index is 5.46. The molecule has 1 aliphatic rings. The molecule has 1 aliphatic carbocycles. The average molecular weight is 291 g/mol. The van der Waals surface area contributed by atoms with Gasteiger partial charge in [-0.25, -0.2) is 0 Å². The molecule has 1 unspecified atom stereocenters. The molecular formula is C18H29NO2. The third-order valence-corrected chi connectivity index (χ3v) is 4.21. The highest BCUT2D eigenvalue weighted by Crippen LogP contribution is 2.30. The Morgan fingerprint density at radius 1 is 1.14 bits per heavy atom. The highest BCUT2D eigenvalue weighted by molar-refractivity contribution is 5.32. The normalized spacial score (nSPS) is 17.7. The van der Waals surface area contributed by atoms with Gasteiger partial charge in [-0.3, -0.25) is 0 Å². The van der Waals surface area contributed by atoms with Gasteiger partial charge in [0.2, 0.25) is 0 Å². The summed E-state index contributed by atoms with van der Waals surface area (Å²) in [5.74, 6) is 0.702. The zero-order valence-corrected chi connectivity index (χ0v) is 13.3. The smallest absolute Gasteiger partial charge is 0.0700 e. The molecule has 0 aliphatic heterocycles. The Labute approximate surface area is 129 Å². The average Bonchev–Trinajstić information content (AvgIpc) is 2.53. The molecule has 0 bridgehead atoms. The Hall–Kier alpha value is -0.900. The largest absolute Gasteiger partial charge is 0.382 e. The first-order chi connectivity index (χ1) is 10.4. The highest BCUT2D eigenvalue weighted by Gasteiger charge is 2.18. The van der Waals surface area contributed by atoms with Crippen molar-refractivity contribution < 1.29 is 9.47 Å². The maximum Gasteiger partial charge on any atom is 0.0700 e. The summed E-state index contributed by atoms with van der Waals surface area (Å²) >= 11 is 0. The van der Waals surface area contributed by atoms with E-state index in [1.807, 2.05) is 0 Å². The second-order valence-electron chi connectivity index (χ2n) is 5.80. The first-order valence-electron chi connectivity index (χ1n) is 8.27. The van der Waals surface area contributed by atoms with Crippen LogP contribution in [0.3, 0.4) is 0 Å². The van der Waals surface area contributed by atoms with E-state index in [0.717, 1.165) is 26.1 Å². The third kappa shape index (κ3) is 5.77. The molecule has 0 spiro atoms. The van der Waals surface area contributed by atoms with Crippen molar-refractivity contribution in [1.82, 2.24) is 5.32 Å². The fourth-order valence-corrected chi connectivity index (χ4v) is 3.04. The van der Waals surface area contributed by atoms with Crippen LogP contribution in [0.2, 0.25) is 0 Å². The molecule has 1 atom stereocenters. The minimum atomic E-state index is 0.694. The van der Waals surface area contributed by atoms with E-state index < -0.39 is 0 Å². The molecular weight excluding hydrogens is 262 g/mol. The van der Waals surface area contributed by atoms with Gasteiger partial charge in [-0.15, -0.1) is 0 Å². The number of ether oxygens (including phenoxy) is 2. The van der Waals surface area contributed by atoms with E-state index in [0.29, 0.717) is 19.1 Å². The van der Waals surface area contributed by atoms with Gasteiger partial charge in [0.1, 0.15) is 0 Å². The van der Waals surface area contributed by atoms with Crippen molar-refractivity contribution in [2.45, 2.75) is 38.0 Å². The first kappa shape index (κ1) is 16.5. The van der Waals surface area contributed by atoms with Crippen LogP contribution in [0, 0.1) is 0 Å². The van der Waals surface area contributed by atoms with Crippen LogP contribution in [0.5, 0.6) is 0 Å². The Bertz CT molecular complexity index is 395. The quantitative estimate of drug-likeness (QED) is 0.672. The molecule has 3 heteroatoms. The lowest BCUT2D eigenvalue weighted by atomic mass is 9.83. The number of methoxy groups -OCH3 is 1. The van der Waals surface area contributed by atoms with Gasteiger partial charge >= 0.3 is 0 Å². The Balaban J connectivity index is 1.56. The Morgan fingerprint density at radius 2 is 2.05 bits per heavy atom. The van der Waals surface area contributed by atoms with Gasteiger partial charge in [0.15, 0.2) is 0 Å². The van der Waals surface area contributed by atoms with Gasteiger partial charge in [-0.2, -0.15) is 0 Å². The standard InChI is InChI=1S/C18H29NO2/c1-20-13-14-21-12-5-4-11-19-15-17-9-6-8-16-7-2-3-10-18(16)17/h2-3,7,10,17,19H,4-6,8-9,11-15H2,1H3. The number of hydrogen-bond acceptors (Lipinski definition) is 3. The lowest BCUT2D eigenvalue weighted by Crippen LogP contribution is -2.25. The van der Waals surface area contributed by atoms with Crippen LogP contribution in [0.15, 0.2) is 24.3 Å². The molecule has 21 heavy (non-hydrogen) atoms. The van der Waals surface area contributed by atoms with Crippen LogP contribution < -0.4 is 5.32 Å². The third-order valence-electron chi connectivity index (χ3n) is 4.21. The molecule has 3 nitrogen and oxygen atoms in total. The summed E-state index contributed by atoms with van der Waals surface area (Å²) in [5, 5.41) is 3.62. The highest BCUT2D eigenvalue weighted by atomic mass is 16.5. The van der Waals surface area contributed by atoms with Crippen LogP contribution >= 0.6 is 0 Å². The second kappa shape index (κ2) is 9.93. The van der Waals surface area contributed by atoms with Crippen molar-refractivity contribution in [3.8, 4) is 0 Å². The summed E-state index contributed by atoms with van der Waals surface area (Å²) in [7, 11) is 1.71. The predicted octanol–water partition coefficient (Wildman–Crippen LogP) is 3.14. The summed E-state index contributed by atoms with van der Waals surface area (Å²) in [4.78, 5) is 0. The van der Waals surface area contributed by atoms with Crippen molar-refractivity contribution in [1.29, 1.82) is 0 Å². The molecule has 1 aromatic carbocycles. The molecule has 0 aromatic heterocycles. The molecule has 0 saturated heterocycles. The van der Waals surface area contributed by atoms with Crippen molar-refractivity contribution in [2.75, 3.05) is 40.0 Å². The molecule has 0 saturated carbocycles. The van der Waals surface area contributed by atoms with Crippen LogP contribution in [0.1, 0.15) is 42.7 Å². The van der Waals surface area contributed by atoms with Crippen LogP contribution in [0.4, 0.5) is 0 Å². The van der Waals surface area contributed by atoms with Gasteiger partial charge < -0.3 is 14.8 Å². The lowest BCUT2D eigenvalue weighted by Gasteiger charge is -2.25. The number of benzene rings is 1.